The number of benzene rings is 1. The zero-order chi connectivity index (χ0) is 18.8. The largest absolute Gasteiger partial charge is 0.497 e. The van der Waals surface area contributed by atoms with E-state index in [0.29, 0.717) is 13.0 Å². The molecule has 1 saturated heterocycles. The van der Waals surface area contributed by atoms with Gasteiger partial charge in [0.25, 0.3) is 0 Å². The molecule has 27 heavy (non-hydrogen) atoms. The van der Waals surface area contributed by atoms with Crippen molar-refractivity contribution >= 4 is 5.91 Å². The number of likely N-dealkylation sites (tertiary alicyclic amines) is 1. The summed E-state index contributed by atoms with van der Waals surface area (Å²) in [7, 11) is 3.77. The highest BCUT2D eigenvalue weighted by Crippen LogP contribution is 2.27. The molecule has 1 fully saturated rings. The van der Waals surface area contributed by atoms with Crippen LogP contribution in [0.1, 0.15) is 35.0 Å². The average molecular weight is 366 g/mol. The molecule has 0 saturated carbocycles. The van der Waals surface area contributed by atoms with Gasteiger partial charge in [0, 0.05) is 56.0 Å². The van der Waals surface area contributed by atoms with E-state index >= 15 is 0 Å². The van der Waals surface area contributed by atoms with Crippen LogP contribution in [-0.4, -0.2) is 59.5 Å². The number of nitrogens with zero attached hydrogens (tertiary/aromatic N) is 4. The molecule has 4 rings (SSSR count). The van der Waals surface area contributed by atoms with E-state index in [9.17, 15) is 4.79 Å². The van der Waals surface area contributed by atoms with Gasteiger partial charge in [-0.1, -0.05) is 12.1 Å². The summed E-state index contributed by atoms with van der Waals surface area (Å²) < 4.78 is 5.24. The summed E-state index contributed by atoms with van der Waals surface area (Å²) >= 11 is 0. The van der Waals surface area contributed by atoms with E-state index < -0.39 is 0 Å². The molecule has 0 aliphatic carbocycles. The fourth-order valence-corrected chi connectivity index (χ4v) is 3.94. The summed E-state index contributed by atoms with van der Waals surface area (Å²) in [6.45, 7) is 3.45. The molecular weight excluding hydrogens is 340 g/mol. The predicted molar refractivity (Wildman–Crippen MR) is 103 cm³/mol. The lowest BCUT2D eigenvalue weighted by Gasteiger charge is -2.24. The molecule has 1 aromatic heterocycles. The zero-order valence-corrected chi connectivity index (χ0v) is 16.0. The van der Waals surface area contributed by atoms with Gasteiger partial charge in [-0.25, -0.2) is 9.97 Å². The van der Waals surface area contributed by atoms with Gasteiger partial charge < -0.3 is 14.5 Å². The van der Waals surface area contributed by atoms with Gasteiger partial charge in [0.15, 0.2) is 0 Å². The Morgan fingerprint density at radius 3 is 3.07 bits per heavy atom. The summed E-state index contributed by atoms with van der Waals surface area (Å²) in [5, 5.41) is 0. The van der Waals surface area contributed by atoms with Crippen LogP contribution in [0.4, 0.5) is 0 Å². The van der Waals surface area contributed by atoms with Crippen molar-refractivity contribution in [3.05, 3.63) is 53.1 Å². The van der Waals surface area contributed by atoms with Gasteiger partial charge in [0.2, 0.25) is 5.91 Å². The Bertz CT molecular complexity index is 839. The Morgan fingerprint density at radius 1 is 1.33 bits per heavy atom. The highest BCUT2D eigenvalue weighted by Gasteiger charge is 2.30. The van der Waals surface area contributed by atoms with Crippen LogP contribution in [0, 0.1) is 0 Å². The first kappa shape index (κ1) is 17.9. The number of rotatable bonds is 4. The third kappa shape index (κ3) is 3.95. The summed E-state index contributed by atoms with van der Waals surface area (Å²) in [6, 6.07) is 7.71. The minimum absolute atomic E-state index is 0.158. The lowest BCUT2D eigenvalue weighted by Crippen LogP contribution is -2.30. The second-order valence-corrected chi connectivity index (χ2v) is 7.54. The van der Waals surface area contributed by atoms with E-state index in [4.69, 9.17) is 9.72 Å². The second kappa shape index (κ2) is 7.64. The number of likely N-dealkylation sites (N-methyl/N-ethyl adjacent to an activating group) is 1. The number of aromatic nitrogens is 2. The number of ether oxygens (including phenoxy) is 1. The van der Waals surface area contributed by atoms with Crippen molar-refractivity contribution in [2.24, 2.45) is 0 Å². The van der Waals surface area contributed by atoms with Crippen molar-refractivity contribution in [1.82, 2.24) is 19.8 Å². The molecule has 1 amide bonds. The first-order valence-corrected chi connectivity index (χ1v) is 9.56. The molecule has 2 aliphatic rings. The zero-order valence-electron chi connectivity index (χ0n) is 16.0. The maximum atomic E-state index is 12.7. The fourth-order valence-electron chi connectivity index (χ4n) is 3.94. The van der Waals surface area contributed by atoms with Gasteiger partial charge in [-0.15, -0.1) is 0 Å². The lowest BCUT2D eigenvalue weighted by molar-refractivity contribution is -0.129. The van der Waals surface area contributed by atoms with Gasteiger partial charge in [-0.2, -0.15) is 0 Å². The number of methoxy groups -OCH3 is 1. The van der Waals surface area contributed by atoms with Crippen molar-refractivity contribution in [3.63, 3.8) is 0 Å². The SMILES string of the molecule is COc1cccc(CC(=O)N2CCC(c3ncc4c(n3)CCN(C)C4)C2)c1. The minimum atomic E-state index is 0.158. The topological polar surface area (TPSA) is 58.6 Å². The van der Waals surface area contributed by atoms with Crippen LogP contribution < -0.4 is 4.74 Å². The van der Waals surface area contributed by atoms with E-state index in [1.54, 1.807) is 7.11 Å². The molecule has 6 nitrogen and oxygen atoms in total. The first-order chi connectivity index (χ1) is 13.1. The molecule has 0 bridgehead atoms. The molecule has 0 spiro atoms. The third-order valence-corrected chi connectivity index (χ3v) is 5.54. The summed E-state index contributed by atoms with van der Waals surface area (Å²) in [5.74, 6) is 2.08. The van der Waals surface area contributed by atoms with Gasteiger partial charge in [0.1, 0.15) is 11.6 Å². The maximum Gasteiger partial charge on any atom is 0.227 e. The van der Waals surface area contributed by atoms with E-state index in [1.165, 1.54) is 11.3 Å². The molecule has 0 N–H and O–H groups in total. The second-order valence-electron chi connectivity index (χ2n) is 7.54. The molecule has 1 aromatic carbocycles. The van der Waals surface area contributed by atoms with Crippen LogP contribution in [-0.2, 0) is 24.2 Å². The highest BCUT2D eigenvalue weighted by atomic mass is 16.5. The van der Waals surface area contributed by atoms with E-state index in [2.05, 4.69) is 16.9 Å². The van der Waals surface area contributed by atoms with Crippen LogP contribution in [0.5, 0.6) is 5.75 Å². The molecule has 3 heterocycles. The quantitative estimate of drug-likeness (QED) is 0.829. The van der Waals surface area contributed by atoms with E-state index in [0.717, 1.165) is 49.6 Å². The van der Waals surface area contributed by atoms with Gasteiger partial charge >= 0.3 is 0 Å². The Balaban J connectivity index is 1.40. The highest BCUT2D eigenvalue weighted by molar-refractivity contribution is 5.79. The third-order valence-electron chi connectivity index (χ3n) is 5.54. The average Bonchev–Trinajstić information content (AvgIpc) is 3.18. The standard InChI is InChI=1S/C21H26N4O2/c1-24-8-7-19-17(13-24)12-22-21(23-19)16-6-9-25(14-16)20(26)11-15-4-3-5-18(10-15)27-2/h3-5,10,12,16H,6-9,11,13-14H2,1-2H3. The molecule has 6 heteroatoms. The van der Waals surface area contributed by atoms with Crippen molar-refractivity contribution in [2.45, 2.75) is 31.7 Å². The molecule has 142 valence electrons. The van der Waals surface area contributed by atoms with Crippen LogP contribution in [0.25, 0.3) is 0 Å². The van der Waals surface area contributed by atoms with E-state index in [1.807, 2.05) is 35.4 Å². The predicted octanol–water partition coefficient (Wildman–Crippen LogP) is 2.03. The summed E-state index contributed by atoms with van der Waals surface area (Å²) in [5.41, 5.74) is 3.40. The lowest BCUT2D eigenvalue weighted by atomic mass is 10.1. The summed E-state index contributed by atoms with van der Waals surface area (Å²) in [4.78, 5) is 26.4. The molecule has 0 radical (unpaired) electrons. The number of carbonyl (C=O) groups is 1. The maximum absolute atomic E-state index is 12.7. The molecule has 2 aromatic rings. The molecular formula is C21H26N4O2. The van der Waals surface area contributed by atoms with Gasteiger partial charge in [-0.05, 0) is 31.2 Å². The molecule has 1 atom stereocenters. The summed E-state index contributed by atoms with van der Waals surface area (Å²) in [6.07, 6.45) is 4.30. The monoisotopic (exact) mass is 366 g/mol. The van der Waals surface area contributed by atoms with Crippen LogP contribution >= 0.6 is 0 Å². The smallest absolute Gasteiger partial charge is 0.227 e. The number of hydrogen-bond acceptors (Lipinski definition) is 5. The fraction of sp³-hybridized carbons (Fsp3) is 0.476. The van der Waals surface area contributed by atoms with Gasteiger partial charge in [0.05, 0.1) is 13.5 Å². The molecule has 2 aliphatic heterocycles. The van der Waals surface area contributed by atoms with Crippen LogP contribution in [0.3, 0.4) is 0 Å². The number of fused-ring (bicyclic) bond motifs is 1. The van der Waals surface area contributed by atoms with Crippen molar-refractivity contribution < 1.29 is 9.53 Å². The Hall–Kier alpha value is -2.47. The minimum Gasteiger partial charge on any atom is -0.497 e. The Kier molecular flexibility index (Phi) is 5.07. The normalized spacial score (nSPS) is 19.8. The van der Waals surface area contributed by atoms with Crippen LogP contribution in [0.2, 0.25) is 0 Å². The number of amides is 1. The first-order valence-electron chi connectivity index (χ1n) is 9.56. The van der Waals surface area contributed by atoms with Gasteiger partial charge in [-0.3, -0.25) is 4.79 Å². The van der Waals surface area contributed by atoms with E-state index in [-0.39, 0.29) is 11.8 Å². The number of carbonyl (C=O) groups excluding carboxylic acids is 1. The van der Waals surface area contributed by atoms with Crippen molar-refractivity contribution in [3.8, 4) is 5.75 Å². The number of hydrogen-bond donors (Lipinski definition) is 0. The Labute approximate surface area is 160 Å². The Morgan fingerprint density at radius 2 is 2.22 bits per heavy atom. The van der Waals surface area contributed by atoms with Crippen LogP contribution in [0.15, 0.2) is 30.5 Å². The van der Waals surface area contributed by atoms with Crippen molar-refractivity contribution in [2.75, 3.05) is 33.8 Å². The van der Waals surface area contributed by atoms with Crippen molar-refractivity contribution in [1.29, 1.82) is 0 Å². The molecule has 1 unspecified atom stereocenters.